The van der Waals surface area contributed by atoms with Crippen molar-refractivity contribution in [3.05, 3.63) is 28.5 Å². The zero-order valence-electron chi connectivity index (χ0n) is 11.6. The van der Waals surface area contributed by atoms with Crippen LogP contribution in [0.2, 0.25) is 0 Å². The number of pyridine rings is 1. The molecule has 1 aliphatic carbocycles. The Morgan fingerprint density at radius 1 is 1.36 bits per heavy atom. The number of carboxylic acid groups (broad SMARTS) is 1. The fourth-order valence-corrected chi connectivity index (χ4v) is 3.09. The van der Waals surface area contributed by atoms with Crippen LogP contribution in [0.15, 0.2) is 22.9 Å². The smallest absolute Gasteiger partial charge is 0.404 e. The molecule has 0 bridgehead atoms. The van der Waals surface area contributed by atoms with Gasteiger partial charge in [0, 0.05) is 37.6 Å². The van der Waals surface area contributed by atoms with Gasteiger partial charge in [0.15, 0.2) is 5.78 Å². The number of Topliss-reactive ketones (excluding diaryl/α,β-unsaturated/α-hetero) is 1. The lowest BCUT2D eigenvalue weighted by atomic mass is 9.61. The zero-order valence-corrected chi connectivity index (χ0v) is 13.2. The van der Waals surface area contributed by atoms with Crippen LogP contribution in [0.3, 0.4) is 0 Å². The molecule has 1 amide bonds. The summed E-state index contributed by atoms with van der Waals surface area (Å²) >= 11 is 3.16. The first-order valence-corrected chi connectivity index (χ1v) is 7.50. The number of hydrogen-bond acceptors (Lipinski definition) is 3. The summed E-state index contributed by atoms with van der Waals surface area (Å²) in [5, 5.41) is 10.7. The van der Waals surface area contributed by atoms with Gasteiger partial charge in [0.2, 0.25) is 5.92 Å². The van der Waals surface area contributed by atoms with E-state index in [9.17, 15) is 18.4 Å². The fraction of sp³-hybridized carbons (Fsp3) is 0.500. The first kappa shape index (κ1) is 16.8. The molecule has 0 spiro atoms. The second kappa shape index (κ2) is 6.28. The zero-order chi connectivity index (χ0) is 16.4. The highest BCUT2D eigenvalue weighted by Crippen LogP contribution is 2.56. The second-order valence-electron chi connectivity index (χ2n) is 5.66. The highest BCUT2D eigenvalue weighted by molar-refractivity contribution is 9.10. The maximum atomic E-state index is 13.3. The van der Waals surface area contributed by atoms with E-state index in [1.807, 2.05) is 0 Å². The third kappa shape index (κ3) is 4.22. The molecule has 8 heteroatoms. The molecule has 0 radical (unpaired) electrons. The van der Waals surface area contributed by atoms with E-state index >= 15 is 0 Å². The standard InChI is InChI=1S/C14H15BrF2N2O3/c15-11-2-1-9(6-19-11)10(20)5-13(3-4-18-12(21)22)7-14(16,17)8-13/h1-2,6,18H,3-5,7-8H2,(H,21,22). The minimum absolute atomic E-state index is 0.0345. The number of nitrogens with one attached hydrogen (secondary N) is 1. The van der Waals surface area contributed by atoms with Crippen molar-refractivity contribution in [2.75, 3.05) is 6.54 Å². The summed E-state index contributed by atoms with van der Waals surface area (Å²) in [6.07, 6.45) is -0.414. The Balaban J connectivity index is 2.02. The molecule has 5 nitrogen and oxygen atoms in total. The summed E-state index contributed by atoms with van der Waals surface area (Å²) in [5.74, 6) is -3.03. The lowest BCUT2D eigenvalue weighted by Crippen LogP contribution is -2.48. The van der Waals surface area contributed by atoms with Crippen molar-refractivity contribution in [3.63, 3.8) is 0 Å². The number of alkyl halides is 2. The van der Waals surface area contributed by atoms with E-state index in [-0.39, 0.29) is 25.2 Å². The van der Waals surface area contributed by atoms with Crippen LogP contribution in [0.4, 0.5) is 13.6 Å². The molecule has 22 heavy (non-hydrogen) atoms. The molecule has 120 valence electrons. The van der Waals surface area contributed by atoms with Crippen molar-refractivity contribution < 1.29 is 23.5 Å². The van der Waals surface area contributed by atoms with E-state index in [2.05, 4.69) is 26.2 Å². The van der Waals surface area contributed by atoms with Crippen molar-refractivity contribution in [2.45, 2.75) is 31.6 Å². The van der Waals surface area contributed by atoms with Crippen LogP contribution in [0.5, 0.6) is 0 Å². The number of ketones is 1. The number of amides is 1. The number of aromatic nitrogens is 1. The van der Waals surface area contributed by atoms with Crippen LogP contribution in [0.1, 0.15) is 36.0 Å². The summed E-state index contributed by atoms with van der Waals surface area (Å²) in [6.45, 7) is 0.0529. The Labute approximate surface area is 134 Å². The summed E-state index contributed by atoms with van der Waals surface area (Å²) in [6, 6.07) is 3.20. The second-order valence-corrected chi connectivity index (χ2v) is 6.47. The number of carbonyl (C=O) groups excluding carboxylic acids is 1. The van der Waals surface area contributed by atoms with Gasteiger partial charge in [-0.25, -0.2) is 18.6 Å². The summed E-state index contributed by atoms with van der Waals surface area (Å²) in [5.41, 5.74) is -0.486. The summed E-state index contributed by atoms with van der Waals surface area (Å²) < 4.78 is 27.1. The highest BCUT2D eigenvalue weighted by atomic mass is 79.9. The topological polar surface area (TPSA) is 79.3 Å². The molecule has 0 aliphatic heterocycles. The lowest BCUT2D eigenvalue weighted by molar-refractivity contribution is -0.161. The molecule has 1 saturated carbocycles. The van der Waals surface area contributed by atoms with Crippen molar-refractivity contribution in [1.29, 1.82) is 0 Å². The lowest BCUT2D eigenvalue weighted by Gasteiger charge is -2.47. The molecule has 1 aromatic heterocycles. The van der Waals surface area contributed by atoms with Gasteiger partial charge in [-0.3, -0.25) is 4.79 Å². The quantitative estimate of drug-likeness (QED) is 0.588. The number of rotatable bonds is 6. The van der Waals surface area contributed by atoms with E-state index in [0.717, 1.165) is 0 Å². The molecule has 0 saturated heterocycles. The fourth-order valence-electron chi connectivity index (χ4n) is 2.85. The molecule has 2 N–H and O–H groups in total. The molecule has 1 heterocycles. The van der Waals surface area contributed by atoms with Gasteiger partial charge in [0.05, 0.1) is 0 Å². The predicted molar refractivity (Wildman–Crippen MR) is 78.1 cm³/mol. The molecule has 0 unspecified atom stereocenters. The van der Waals surface area contributed by atoms with Gasteiger partial charge in [-0.15, -0.1) is 0 Å². The monoisotopic (exact) mass is 376 g/mol. The Kier molecular flexibility index (Phi) is 4.79. The van der Waals surface area contributed by atoms with E-state index in [1.165, 1.54) is 6.20 Å². The molecular weight excluding hydrogens is 362 g/mol. The Morgan fingerprint density at radius 2 is 2.05 bits per heavy atom. The first-order valence-electron chi connectivity index (χ1n) is 6.71. The maximum Gasteiger partial charge on any atom is 0.404 e. The van der Waals surface area contributed by atoms with Crippen LogP contribution in [0.25, 0.3) is 0 Å². The number of nitrogens with zero attached hydrogens (tertiary/aromatic N) is 1. The van der Waals surface area contributed by atoms with E-state index in [0.29, 0.717) is 10.2 Å². The van der Waals surface area contributed by atoms with Gasteiger partial charge < -0.3 is 10.4 Å². The van der Waals surface area contributed by atoms with Gasteiger partial charge >= 0.3 is 6.09 Å². The summed E-state index contributed by atoms with van der Waals surface area (Å²) in [7, 11) is 0. The molecular formula is C14H15BrF2N2O3. The minimum Gasteiger partial charge on any atom is -0.465 e. The van der Waals surface area contributed by atoms with Gasteiger partial charge in [-0.05, 0) is 39.9 Å². The van der Waals surface area contributed by atoms with Crippen molar-refractivity contribution in [1.82, 2.24) is 10.3 Å². The SMILES string of the molecule is O=C(O)NCCC1(CC(=O)c2ccc(Br)nc2)CC(F)(F)C1. The van der Waals surface area contributed by atoms with Crippen LogP contribution in [0, 0.1) is 5.41 Å². The maximum absolute atomic E-state index is 13.3. The average molecular weight is 377 g/mol. The highest BCUT2D eigenvalue weighted by Gasteiger charge is 2.56. The largest absolute Gasteiger partial charge is 0.465 e. The number of hydrogen-bond donors (Lipinski definition) is 2. The Hall–Kier alpha value is -1.57. The third-order valence-electron chi connectivity index (χ3n) is 3.78. The Bertz CT molecular complexity index is 570. The van der Waals surface area contributed by atoms with E-state index in [1.54, 1.807) is 12.1 Å². The first-order chi connectivity index (χ1) is 10.2. The van der Waals surface area contributed by atoms with Gasteiger partial charge in [0.25, 0.3) is 0 Å². The van der Waals surface area contributed by atoms with Gasteiger partial charge in [-0.1, -0.05) is 0 Å². The summed E-state index contributed by atoms with van der Waals surface area (Å²) in [4.78, 5) is 26.6. The number of halogens is 3. The molecule has 0 atom stereocenters. The predicted octanol–water partition coefficient (Wildman–Crippen LogP) is 3.49. The minimum atomic E-state index is -2.78. The van der Waals surface area contributed by atoms with Gasteiger partial charge in [-0.2, -0.15) is 0 Å². The molecule has 1 fully saturated rings. The third-order valence-corrected chi connectivity index (χ3v) is 4.25. The van der Waals surface area contributed by atoms with Crippen LogP contribution < -0.4 is 5.32 Å². The van der Waals surface area contributed by atoms with Crippen LogP contribution in [-0.4, -0.2) is 34.4 Å². The normalized spacial score (nSPS) is 18.3. The Morgan fingerprint density at radius 3 is 2.55 bits per heavy atom. The van der Waals surface area contributed by atoms with Crippen molar-refractivity contribution >= 4 is 27.8 Å². The number of carbonyl (C=O) groups is 2. The van der Waals surface area contributed by atoms with Crippen molar-refractivity contribution in [3.8, 4) is 0 Å². The van der Waals surface area contributed by atoms with E-state index in [4.69, 9.17) is 5.11 Å². The average Bonchev–Trinajstić information content (AvgIpc) is 2.36. The molecule has 0 aromatic carbocycles. The molecule has 2 rings (SSSR count). The van der Waals surface area contributed by atoms with Gasteiger partial charge in [0.1, 0.15) is 4.60 Å². The molecule has 1 aliphatic rings. The van der Waals surface area contributed by atoms with Crippen molar-refractivity contribution in [2.24, 2.45) is 5.41 Å². The van der Waals surface area contributed by atoms with Crippen LogP contribution >= 0.6 is 15.9 Å². The molecule has 1 aromatic rings. The van der Waals surface area contributed by atoms with Crippen LogP contribution in [-0.2, 0) is 0 Å². The van der Waals surface area contributed by atoms with E-state index < -0.39 is 30.3 Å².